The molecule has 0 fully saturated rings. The van der Waals surface area contributed by atoms with E-state index in [0.717, 1.165) is 11.1 Å². The summed E-state index contributed by atoms with van der Waals surface area (Å²) in [6.07, 6.45) is 2.58. The summed E-state index contributed by atoms with van der Waals surface area (Å²) in [7, 11) is 0. The Bertz CT molecular complexity index is 502. The molecule has 4 heteroatoms. The average Bonchev–Trinajstić information content (AvgIpc) is 2.68. The number of hydrogen-bond acceptors (Lipinski definition) is 3. The third-order valence-corrected chi connectivity index (χ3v) is 2.93. The molecule has 1 aliphatic heterocycles. The number of imide groups is 1. The summed E-state index contributed by atoms with van der Waals surface area (Å²) in [5.41, 5.74) is 2.52. The van der Waals surface area contributed by atoms with Gasteiger partial charge in [-0.15, -0.1) is 0 Å². The van der Waals surface area contributed by atoms with Crippen LogP contribution in [0.1, 0.15) is 18.1 Å². The lowest BCUT2D eigenvalue weighted by Gasteiger charge is -2.18. The molecule has 1 heterocycles. The van der Waals surface area contributed by atoms with Gasteiger partial charge in [0.2, 0.25) is 0 Å². The van der Waals surface area contributed by atoms with Gasteiger partial charge in [0.05, 0.1) is 12.3 Å². The van der Waals surface area contributed by atoms with Gasteiger partial charge in [0.25, 0.3) is 11.8 Å². The molecule has 0 bridgehead atoms. The minimum absolute atomic E-state index is 0.295. The summed E-state index contributed by atoms with van der Waals surface area (Å²) < 4.78 is 5.37. The number of amides is 2. The Morgan fingerprint density at radius 2 is 1.83 bits per heavy atom. The summed E-state index contributed by atoms with van der Waals surface area (Å²) in [4.78, 5) is 24.5. The van der Waals surface area contributed by atoms with Crippen LogP contribution in [0.2, 0.25) is 0 Å². The lowest BCUT2D eigenvalue weighted by molar-refractivity contribution is -0.119. The van der Waals surface area contributed by atoms with E-state index in [1.807, 2.05) is 26.0 Å². The van der Waals surface area contributed by atoms with Crippen LogP contribution in [0.15, 0.2) is 30.4 Å². The van der Waals surface area contributed by atoms with Crippen molar-refractivity contribution in [2.75, 3.05) is 11.5 Å². The fourth-order valence-corrected chi connectivity index (χ4v) is 1.92. The van der Waals surface area contributed by atoms with E-state index in [2.05, 4.69) is 0 Å². The minimum atomic E-state index is -0.295. The second-order valence-electron chi connectivity index (χ2n) is 4.04. The molecule has 0 unspecified atom stereocenters. The summed E-state index contributed by atoms with van der Waals surface area (Å²) in [5, 5.41) is 0. The summed E-state index contributed by atoms with van der Waals surface area (Å²) in [6, 6.07) is 5.54. The van der Waals surface area contributed by atoms with Crippen LogP contribution in [0.5, 0.6) is 0 Å². The van der Waals surface area contributed by atoms with E-state index >= 15 is 0 Å². The van der Waals surface area contributed by atoms with Crippen LogP contribution in [0.3, 0.4) is 0 Å². The van der Waals surface area contributed by atoms with Crippen molar-refractivity contribution < 1.29 is 14.3 Å². The molecule has 1 aromatic carbocycles. The Morgan fingerprint density at radius 3 is 2.44 bits per heavy atom. The molecule has 94 valence electrons. The number of carbonyl (C=O) groups is 2. The highest BCUT2D eigenvalue weighted by Gasteiger charge is 2.26. The number of carbonyl (C=O) groups excluding carboxylic acids is 2. The van der Waals surface area contributed by atoms with Crippen molar-refractivity contribution in [1.82, 2.24) is 0 Å². The van der Waals surface area contributed by atoms with E-state index in [1.165, 1.54) is 17.1 Å². The van der Waals surface area contributed by atoms with Crippen LogP contribution >= 0.6 is 0 Å². The maximum atomic E-state index is 11.6. The van der Waals surface area contributed by atoms with Gasteiger partial charge in [-0.1, -0.05) is 12.1 Å². The molecule has 2 amide bonds. The molecular formula is C14H15NO3. The lowest BCUT2D eigenvalue weighted by atomic mass is 10.1. The van der Waals surface area contributed by atoms with Crippen LogP contribution < -0.4 is 4.90 Å². The largest absolute Gasteiger partial charge is 0.377 e. The van der Waals surface area contributed by atoms with Crippen LogP contribution in [0.25, 0.3) is 0 Å². The molecule has 0 aromatic heterocycles. The summed E-state index contributed by atoms with van der Waals surface area (Å²) in [6.45, 7) is 4.94. The normalized spacial score (nSPS) is 14.7. The van der Waals surface area contributed by atoms with Crippen molar-refractivity contribution in [2.45, 2.75) is 20.5 Å². The Balaban J connectivity index is 2.34. The Morgan fingerprint density at radius 1 is 1.17 bits per heavy atom. The second-order valence-corrected chi connectivity index (χ2v) is 4.04. The Kier molecular flexibility index (Phi) is 3.58. The van der Waals surface area contributed by atoms with Gasteiger partial charge in [0, 0.05) is 18.8 Å². The van der Waals surface area contributed by atoms with Gasteiger partial charge >= 0.3 is 0 Å². The molecule has 0 radical (unpaired) electrons. The van der Waals surface area contributed by atoms with E-state index in [0.29, 0.717) is 18.9 Å². The predicted octanol–water partition coefficient (Wildman–Crippen LogP) is 1.96. The van der Waals surface area contributed by atoms with Crippen LogP contribution in [-0.2, 0) is 20.9 Å². The molecule has 0 N–H and O–H groups in total. The van der Waals surface area contributed by atoms with Crippen molar-refractivity contribution in [3.05, 3.63) is 41.5 Å². The van der Waals surface area contributed by atoms with Crippen molar-refractivity contribution in [1.29, 1.82) is 0 Å². The topological polar surface area (TPSA) is 46.6 Å². The third kappa shape index (κ3) is 2.19. The summed E-state index contributed by atoms with van der Waals surface area (Å²) >= 11 is 0. The number of anilines is 1. The van der Waals surface area contributed by atoms with Crippen LogP contribution in [0.4, 0.5) is 5.69 Å². The Labute approximate surface area is 106 Å². The fraction of sp³-hybridized carbons (Fsp3) is 0.286. The van der Waals surface area contributed by atoms with Gasteiger partial charge in [-0.25, -0.2) is 4.90 Å². The molecule has 1 aliphatic rings. The minimum Gasteiger partial charge on any atom is -0.377 e. The number of benzene rings is 1. The molecule has 0 atom stereocenters. The molecule has 18 heavy (non-hydrogen) atoms. The quantitative estimate of drug-likeness (QED) is 0.762. The first-order valence-corrected chi connectivity index (χ1v) is 5.87. The standard InChI is InChI=1S/C14H15NO3/c1-3-18-9-11-5-4-6-12(10(11)2)15-13(16)7-8-14(15)17/h4-8H,3,9H2,1-2H3. The second kappa shape index (κ2) is 5.14. The first-order chi connectivity index (χ1) is 8.65. The van der Waals surface area contributed by atoms with Gasteiger partial charge in [0.1, 0.15) is 0 Å². The van der Waals surface area contributed by atoms with Gasteiger partial charge in [-0.2, -0.15) is 0 Å². The van der Waals surface area contributed by atoms with Crippen molar-refractivity contribution >= 4 is 17.5 Å². The van der Waals surface area contributed by atoms with Crippen molar-refractivity contribution in [3.8, 4) is 0 Å². The molecular weight excluding hydrogens is 230 g/mol. The van der Waals surface area contributed by atoms with E-state index in [9.17, 15) is 9.59 Å². The van der Waals surface area contributed by atoms with Crippen molar-refractivity contribution in [2.24, 2.45) is 0 Å². The van der Waals surface area contributed by atoms with Gasteiger partial charge in [-0.05, 0) is 31.0 Å². The highest BCUT2D eigenvalue weighted by atomic mass is 16.5. The predicted molar refractivity (Wildman–Crippen MR) is 68.1 cm³/mol. The van der Waals surface area contributed by atoms with Crippen molar-refractivity contribution in [3.63, 3.8) is 0 Å². The average molecular weight is 245 g/mol. The van der Waals surface area contributed by atoms with E-state index in [1.54, 1.807) is 6.07 Å². The highest BCUT2D eigenvalue weighted by molar-refractivity contribution is 6.28. The third-order valence-electron chi connectivity index (χ3n) is 2.93. The molecule has 4 nitrogen and oxygen atoms in total. The molecule has 0 spiro atoms. The zero-order chi connectivity index (χ0) is 13.1. The fourth-order valence-electron chi connectivity index (χ4n) is 1.92. The van der Waals surface area contributed by atoms with E-state index in [-0.39, 0.29) is 11.8 Å². The highest BCUT2D eigenvalue weighted by Crippen LogP contribution is 2.26. The number of rotatable bonds is 4. The maximum absolute atomic E-state index is 11.6. The monoisotopic (exact) mass is 245 g/mol. The molecule has 0 aliphatic carbocycles. The smallest absolute Gasteiger partial charge is 0.258 e. The molecule has 1 aromatic rings. The van der Waals surface area contributed by atoms with E-state index < -0.39 is 0 Å². The zero-order valence-electron chi connectivity index (χ0n) is 10.5. The van der Waals surface area contributed by atoms with E-state index in [4.69, 9.17) is 4.74 Å². The first kappa shape index (κ1) is 12.5. The Hall–Kier alpha value is -1.94. The number of nitrogens with zero attached hydrogens (tertiary/aromatic N) is 1. The summed E-state index contributed by atoms with van der Waals surface area (Å²) in [5.74, 6) is -0.590. The van der Waals surface area contributed by atoms with Crippen LogP contribution in [0, 0.1) is 6.92 Å². The van der Waals surface area contributed by atoms with Gasteiger partial charge < -0.3 is 4.74 Å². The van der Waals surface area contributed by atoms with Gasteiger partial charge in [0.15, 0.2) is 0 Å². The molecule has 2 rings (SSSR count). The SMILES string of the molecule is CCOCc1cccc(N2C(=O)C=CC2=O)c1C. The number of hydrogen-bond donors (Lipinski definition) is 0. The van der Waals surface area contributed by atoms with Gasteiger partial charge in [-0.3, -0.25) is 9.59 Å². The molecule has 0 saturated carbocycles. The zero-order valence-corrected chi connectivity index (χ0v) is 10.5. The lowest BCUT2D eigenvalue weighted by Crippen LogP contribution is -2.30. The molecule has 0 saturated heterocycles. The number of ether oxygens (including phenoxy) is 1. The van der Waals surface area contributed by atoms with Crippen LogP contribution in [-0.4, -0.2) is 18.4 Å². The maximum Gasteiger partial charge on any atom is 0.258 e. The first-order valence-electron chi connectivity index (χ1n) is 5.87.